The third-order valence-corrected chi connectivity index (χ3v) is 7.15. The number of amides is 1. The number of methoxy groups -OCH3 is 2. The molecule has 0 atom stereocenters. The highest BCUT2D eigenvalue weighted by atomic mass is 32.2. The Morgan fingerprint density at radius 2 is 1.94 bits per heavy atom. The zero-order valence-corrected chi connectivity index (χ0v) is 21.0. The summed E-state index contributed by atoms with van der Waals surface area (Å²) >= 11 is 1.97. The van der Waals surface area contributed by atoms with E-state index in [1.807, 2.05) is 40.6 Å². The first kappa shape index (κ1) is 25.1. The summed E-state index contributed by atoms with van der Waals surface area (Å²) in [5.74, 6) is 1.41. The Kier molecular flexibility index (Phi) is 8.65. The van der Waals surface area contributed by atoms with E-state index < -0.39 is 5.97 Å². The molecule has 0 aliphatic carbocycles. The number of benzene rings is 1. The number of anilines is 2. The average Bonchev–Trinajstić information content (AvgIpc) is 3.17. The van der Waals surface area contributed by atoms with Gasteiger partial charge in [0.2, 0.25) is 5.91 Å². The molecule has 0 unspecified atom stereocenters. The fourth-order valence-corrected chi connectivity index (χ4v) is 5.53. The summed E-state index contributed by atoms with van der Waals surface area (Å²) in [7, 11) is 2.80. The lowest BCUT2D eigenvalue weighted by Crippen LogP contribution is -2.24. The number of esters is 1. The van der Waals surface area contributed by atoms with Crippen molar-refractivity contribution in [3.63, 3.8) is 0 Å². The van der Waals surface area contributed by atoms with Crippen LogP contribution in [0.15, 0.2) is 42.6 Å². The fraction of sp³-hybridized carbons (Fsp3) is 0.423. The standard InChI is InChI=1S/C26H32N4O4S/c1-33-17-22(31)29-23-21-15-20(28-19-10-13-35-14-11-19)16-27-25(21)30(24(23)26(32)34-2)12-6-9-18-7-4-3-5-8-18/h3-5,7-8,15-16,19,28H,6,9-14,17H2,1-2H3,(H,29,31). The van der Waals surface area contributed by atoms with Crippen molar-refractivity contribution in [1.82, 2.24) is 9.55 Å². The normalized spacial score (nSPS) is 14.1. The monoisotopic (exact) mass is 496 g/mol. The Bertz CT molecular complexity index is 1160. The van der Waals surface area contributed by atoms with Crippen molar-refractivity contribution in [3.8, 4) is 0 Å². The van der Waals surface area contributed by atoms with Gasteiger partial charge in [0.15, 0.2) is 5.69 Å². The van der Waals surface area contributed by atoms with Crippen LogP contribution in [-0.4, -0.2) is 59.8 Å². The van der Waals surface area contributed by atoms with Crippen LogP contribution >= 0.6 is 11.8 Å². The van der Waals surface area contributed by atoms with Crippen LogP contribution in [-0.2, 0) is 27.2 Å². The van der Waals surface area contributed by atoms with Crippen LogP contribution in [0, 0.1) is 0 Å². The Balaban J connectivity index is 1.71. The summed E-state index contributed by atoms with van der Waals surface area (Å²) in [6.07, 6.45) is 5.64. The number of rotatable bonds is 10. The maximum atomic E-state index is 12.9. The maximum Gasteiger partial charge on any atom is 0.356 e. The minimum absolute atomic E-state index is 0.119. The molecule has 1 aliphatic heterocycles. The van der Waals surface area contributed by atoms with Gasteiger partial charge in [-0.15, -0.1) is 0 Å². The molecule has 1 aliphatic rings. The molecule has 0 bridgehead atoms. The first-order valence-corrected chi connectivity index (χ1v) is 13.0. The molecular weight excluding hydrogens is 464 g/mol. The van der Waals surface area contributed by atoms with Gasteiger partial charge in [0.1, 0.15) is 12.3 Å². The van der Waals surface area contributed by atoms with Crippen LogP contribution in [0.25, 0.3) is 11.0 Å². The van der Waals surface area contributed by atoms with Crippen LogP contribution in [0.2, 0.25) is 0 Å². The Morgan fingerprint density at radius 3 is 2.66 bits per heavy atom. The second-order valence-electron chi connectivity index (χ2n) is 8.56. The van der Waals surface area contributed by atoms with Crippen molar-refractivity contribution in [3.05, 3.63) is 53.9 Å². The number of fused-ring (bicyclic) bond motifs is 1. The van der Waals surface area contributed by atoms with Gasteiger partial charge in [-0.05, 0) is 48.8 Å². The molecule has 1 fully saturated rings. The number of aryl methyl sites for hydroxylation is 2. The Hall–Kier alpha value is -3.04. The highest BCUT2D eigenvalue weighted by molar-refractivity contribution is 7.99. The van der Waals surface area contributed by atoms with Gasteiger partial charge in [-0.25, -0.2) is 9.78 Å². The predicted molar refractivity (Wildman–Crippen MR) is 140 cm³/mol. The van der Waals surface area contributed by atoms with Gasteiger partial charge in [0.05, 0.1) is 24.7 Å². The van der Waals surface area contributed by atoms with E-state index in [-0.39, 0.29) is 12.5 Å². The summed E-state index contributed by atoms with van der Waals surface area (Å²) in [6.45, 7) is 0.433. The molecular formula is C26H32N4O4S. The van der Waals surface area contributed by atoms with E-state index in [0.717, 1.165) is 42.9 Å². The number of nitrogens with one attached hydrogen (secondary N) is 2. The average molecular weight is 497 g/mol. The molecule has 1 amide bonds. The number of nitrogens with zero attached hydrogens (tertiary/aromatic N) is 2. The highest BCUT2D eigenvalue weighted by Gasteiger charge is 2.26. The zero-order chi connectivity index (χ0) is 24.6. The van der Waals surface area contributed by atoms with E-state index in [1.54, 1.807) is 6.20 Å². The van der Waals surface area contributed by atoms with Gasteiger partial charge in [-0.3, -0.25) is 4.79 Å². The third kappa shape index (κ3) is 6.15. The van der Waals surface area contributed by atoms with Gasteiger partial charge in [-0.1, -0.05) is 30.3 Å². The first-order valence-electron chi connectivity index (χ1n) is 11.9. The Morgan fingerprint density at radius 1 is 1.17 bits per heavy atom. The molecule has 0 saturated carbocycles. The topological polar surface area (TPSA) is 94.5 Å². The smallest absolute Gasteiger partial charge is 0.356 e. The van der Waals surface area contributed by atoms with Crippen molar-refractivity contribution >= 4 is 46.0 Å². The van der Waals surface area contributed by atoms with Gasteiger partial charge in [-0.2, -0.15) is 11.8 Å². The van der Waals surface area contributed by atoms with Gasteiger partial charge < -0.3 is 24.7 Å². The Labute approximate surface area is 209 Å². The predicted octanol–water partition coefficient (Wildman–Crippen LogP) is 4.35. The minimum Gasteiger partial charge on any atom is -0.464 e. The first-order chi connectivity index (χ1) is 17.1. The van der Waals surface area contributed by atoms with Crippen molar-refractivity contribution < 1.29 is 19.1 Å². The van der Waals surface area contributed by atoms with Crippen LogP contribution in [0.1, 0.15) is 35.3 Å². The number of aromatic nitrogens is 2. The second-order valence-corrected chi connectivity index (χ2v) is 9.79. The van der Waals surface area contributed by atoms with Crippen molar-refractivity contribution in [1.29, 1.82) is 0 Å². The summed E-state index contributed by atoms with van der Waals surface area (Å²) in [5, 5.41) is 7.15. The second kappa shape index (κ2) is 12.1. The molecule has 3 aromatic rings. The van der Waals surface area contributed by atoms with Crippen LogP contribution in [0.5, 0.6) is 0 Å². The van der Waals surface area contributed by atoms with Crippen molar-refractivity contribution in [2.24, 2.45) is 0 Å². The molecule has 186 valence electrons. The quantitative estimate of drug-likeness (QED) is 0.403. The molecule has 8 nitrogen and oxygen atoms in total. The molecule has 0 spiro atoms. The lowest BCUT2D eigenvalue weighted by atomic mass is 10.1. The number of hydrogen-bond acceptors (Lipinski definition) is 7. The highest BCUT2D eigenvalue weighted by Crippen LogP contribution is 2.33. The molecule has 0 radical (unpaired) electrons. The van der Waals surface area contributed by atoms with E-state index in [4.69, 9.17) is 14.5 Å². The summed E-state index contributed by atoms with van der Waals surface area (Å²) in [4.78, 5) is 30.1. The number of carbonyl (C=O) groups is 2. The molecule has 2 N–H and O–H groups in total. The third-order valence-electron chi connectivity index (χ3n) is 6.10. The molecule has 1 aromatic carbocycles. The van der Waals surface area contributed by atoms with E-state index in [1.165, 1.54) is 19.8 Å². The molecule has 1 saturated heterocycles. The van der Waals surface area contributed by atoms with Crippen LogP contribution in [0.3, 0.4) is 0 Å². The SMILES string of the molecule is COCC(=O)Nc1c(C(=O)OC)n(CCCc2ccccc2)c2ncc(NC3CCSCC3)cc12. The molecule has 2 aromatic heterocycles. The zero-order valence-electron chi connectivity index (χ0n) is 20.2. The summed E-state index contributed by atoms with van der Waals surface area (Å²) < 4.78 is 12.0. The number of pyridine rings is 1. The van der Waals surface area contributed by atoms with Crippen molar-refractivity contribution in [2.45, 2.75) is 38.3 Å². The maximum absolute atomic E-state index is 12.9. The minimum atomic E-state index is -0.519. The lowest BCUT2D eigenvalue weighted by molar-refractivity contribution is -0.119. The van der Waals surface area contributed by atoms with E-state index in [2.05, 4.69) is 22.8 Å². The number of thioether (sulfide) groups is 1. The van der Waals surface area contributed by atoms with Gasteiger partial charge in [0, 0.05) is 25.1 Å². The van der Waals surface area contributed by atoms with E-state index >= 15 is 0 Å². The van der Waals surface area contributed by atoms with Crippen LogP contribution in [0.4, 0.5) is 11.4 Å². The van der Waals surface area contributed by atoms with Crippen molar-refractivity contribution in [2.75, 3.05) is 43.0 Å². The van der Waals surface area contributed by atoms with Gasteiger partial charge in [0.25, 0.3) is 0 Å². The fourth-order valence-electron chi connectivity index (χ4n) is 4.43. The molecule has 3 heterocycles. The number of hydrogen-bond donors (Lipinski definition) is 2. The molecule has 35 heavy (non-hydrogen) atoms. The summed E-state index contributed by atoms with van der Waals surface area (Å²) in [6, 6.07) is 12.6. The number of carbonyl (C=O) groups excluding carboxylic acids is 2. The van der Waals surface area contributed by atoms with E-state index in [9.17, 15) is 9.59 Å². The molecule has 9 heteroatoms. The number of ether oxygens (including phenoxy) is 2. The molecule has 4 rings (SSSR count). The van der Waals surface area contributed by atoms with Crippen LogP contribution < -0.4 is 10.6 Å². The lowest BCUT2D eigenvalue weighted by Gasteiger charge is -2.23. The largest absolute Gasteiger partial charge is 0.464 e. The van der Waals surface area contributed by atoms with E-state index in [0.29, 0.717) is 35.0 Å². The summed E-state index contributed by atoms with van der Waals surface area (Å²) in [5.41, 5.74) is 3.43. The van der Waals surface area contributed by atoms with Gasteiger partial charge >= 0.3 is 5.97 Å².